The molecule has 2 atom stereocenters. The number of carbonyl (C=O) groups is 1. The molecule has 6 heteroatoms. The lowest BCUT2D eigenvalue weighted by molar-refractivity contribution is 0.0697. The number of aromatic nitrogens is 1. The molecule has 0 aliphatic heterocycles. The van der Waals surface area contributed by atoms with Crippen molar-refractivity contribution >= 4 is 34.3 Å². The van der Waals surface area contributed by atoms with E-state index >= 15 is 0 Å². The molecule has 18 heavy (non-hydrogen) atoms. The summed E-state index contributed by atoms with van der Waals surface area (Å²) in [6.45, 7) is 1.75. The fourth-order valence-corrected chi connectivity index (χ4v) is 4.22. The fourth-order valence-electron chi connectivity index (χ4n) is 2.43. The van der Waals surface area contributed by atoms with Crippen LogP contribution in [0.1, 0.15) is 41.7 Å². The molecule has 0 aromatic carbocycles. The number of nitrogens with zero attached hydrogens (tertiary/aromatic N) is 1. The van der Waals surface area contributed by atoms with Crippen LogP contribution in [0.5, 0.6) is 0 Å². The Hall–Kier alpha value is -0.750. The average molecular weight is 286 g/mol. The van der Waals surface area contributed by atoms with E-state index in [0.717, 1.165) is 6.42 Å². The topological polar surface area (TPSA) is 62.2 Å². The van der Waals surface area contributed by atoms with Crippen molar-refractivity contribution < 1.29 is 9.90 Å². The number of carboxylic acid groups (broad SMARTS) is 1. The van der Waals surface area contributed by atoms with Crippen LogP contribution in [0.2, 0.25) is 0 Å². The van der Waals surface area contributed by atoms with Crippen LogP contribution >= 0.6 is 23.3 Å². The minimum absolute atomic E-state index is 0.338. The van der Waals surface area contributed by atoms with E-state index in [2.05, 4.69) is 15.9 Å². The van der Waals surface area contributed by atoms with Crippen molar-refractivity contribution in [2.24, 2.45) is 0 Å². The smallest absolute Gasteiger partial charge is 0.340 e. The number of aryl methyl sites for hydroxylation is 1. The molecule has 0 radical (unpaired) electrons. The highest BCUT2D eigenvalue weighted by atomic mass is 32.2. The van der Waals surface area contributed by atoms with Gasteiger partial charge in [0.2, 0.25) is 0 Å². The zero-order valence-corrected chi connectivity index (χ0v) is 12.2. The van der Waals surface area contributed by atoms with E-state index in [-0.39, 0.29) is 0 Å². The largest absolute Gasteiger partial charge is 0.478 e. The van der Waals surface area contributed by atoms with Crippen LogP contribution in [-0.4, -0.2) is 33.0 Å². The maximum atomic E-state index is 11.2. The molecule has 1 aromatic rings. The van der Waals surface area contributed by atoms with Gasteiger partial charge in [0.05, 0.1) is 5.69 Å². The molecule has 1 saturated carbocycles. The van der Waals surface area contributed by atoms with Crippen molar-refractivity contribution in [3.05, 3.63) is 11.3 Å². The van der Waals surface area contributed by atoms with Crippen LogP contribution in [0.4, 0.5) is 5.00 Å². The Kier molecular flexibility index (Phi) is 4.50. The van der Waals surface area contributed by atoms with Gasteiger partial charge in [-0.2, -0.15) is 16.1 Å². The number of thioether (sulfide) groups is 1. The Morgan fingerprint density at radius 2 is 2.22 bits per heavy atom. The highest BCUT2D eigenvalue weighted by molar-refractivity contribution is 7.99. The maximum Gasteiger partial charge on any atom is 0.340 e. The second-order valence-corrected chi connectivity index (χ2v) is 6.44. The zero-order chi connectivity index (χ0) is 13.1. The lowest BCUT2D eigenvalue weighted by atomic mass is 9.95. The monoisotopic (exact) mass is 286 g/mol. The highest BCUT2D eigenvalue weighted by Crippen LogP contribution is 2.32. The molecule has 1 heterocycles. The first kappa shape index (κ1) is 13.7. The Morgan fingerprint density at radius 3 is 2.89 bits per heavy atom. The molecule has 1 aromatic heterocycles. The third-order valence-corrected chi connectivity index (χ3v) is 5.44. The highest BCUT2D eigenvalue weighted by Gasteiger charge is 2.27. The summed E-state index contributed by atoms with van der Waals surface area (Å²) >= 11 is 3.13. The first-order valence-corrected chi connectivity index (χ1v) is 8.18. The lowest BCUT2D eigenvalue weighted by Crippen LogP contribution is -2.34. The van der Waals surface area contributed by atoms with Gasteiger partial charge in [-0.25, -0.2) is 4.79 Å². The van der Waals surface area contributed by atoms with Crippen molar-refractivity contribution in [3.63, 3.8) is 0 Å². The number of rotatable bonds is 4. The Bertz CT molecular complexity index is 434. The number of hydrogen-bond donors (Lipinski definition) is 2. The van der Waals surface area contributed by atoms with Crippen molar-refractivity contribution in [1.82, 2.24) is 4.37 Å². The van der Waals surface area contributed by atoms with E-state index < -0.39 is 5.97 Å². The number of nitrogens with one attached hydrogen (secondary N) is 1. The van der Waals surface area contributed by atoms with E-state index in [0.29, 0.717) is 27.6 Å². The molecule has 2 unspecified atom stereocenters. The van der Waals surface area contributed by atoms with Gasteiger partial charge in [0, 0.05) is 11.3 Å². The lowest BCUT2D eigenvalue weighted by Gasteiger charge is -2.31. The molecular formula is C12H18N2O2S2. The van der Waals surface area contributed by atoms with Crippen molar-refractivity contribution in [1.29, 1.82) is 0 Å². The Labute approximate surface area is 115 Å². The normalized spacial score (nSPS) is 23.9. The second kappa shape index (κ2) is 5.93. The summed E-state index contributed by atoms with van der Waals surface area (Å²) in [5.74, 6) is -0.889. The Balaban J connectivity index is 2.15. The predicted octanol–water partition coefficient (Wildman–Crippen LogP) is 3.24. The summed E-state index contributed by atoms with van der Waals surface area (Å²) in [6, 6.07) is 0.367. The van der Waals surface area contributed by atoms with Gasteiger partial charge in [0.25, 0.3) is 0 Å². The summed E-state index contributed by atoms with van der Waals surface area (Å²) in [5, 5.41) is 13.9. The molecule has 0 bridgehead atoms. The molecule has 0 saturated heterocycles. The zero-order valence-electron chi connectivity index (χ0n) is 10.6. The molecule has 1 aliphatic carbocycles. The Morgan fingerprint density at radius 1 is 1.50 bits per heavy atom. The van der Waals surface area contributed by atoms with Crippen LogP contribution in [0, 0.1) is 6.92 Å². The summed E-state index contributed by atoms with van der Waals surface area (Å²) in [6.07, 6.45) is 6.94. The van der Waals surface area contributed by atoms with Crippen LogP contribution in [0.15, 0.2) is 0 Å². The minimum Gasteiger partial charge on any atom is -0.478 e. The van der Waals surface area contributed by atoms with E-state index in [1.165, 1.54) is 30.8 Å². The molecule has 0 spiro atoms. The maximum absolute atomic E-state index is 11.2. The van der Waals surface area contributed by atoms with Crippen LogP contribution in [0.25, 0.3) is 0 Å². The van der Waals surface area contributed by atoms with E-state index in [4.69, 9.17) is 0 Å². The summed E-state index contributed by atoms with van der Waals surface area (Å²) in [4.78, 5) is 11.2. The van der Waals surface area contributed by atoms with E-state index in [1.807, 2.05) is 11.8 Å². The molecule has 100 valence electrons. The third kappa shape index (κ3) is 2.80. The van der Waals surface area contributed by atoms with Crippen molar-refractivity contribution in [2.75, 3.05) is 11.6 Å². The third-order valence-electron chi connectivity index (χ3n) is 3.40. The van der Waals surface area contributed by atoms with Crippen molar-refractivity contribution in [2.45, 2.75) is 43.9 Å². The molecular weight excluding hydrogens is 268 g/mol. The number of aromatic carboxylic acids is 1. The quantitative estimate of drug-likeness (QED) is 0.889. The minimum atomic E-state index is -0.889. The summed E-state index contributed by atoms with van der Waals surface area (Å²) in [5.41, 5.74) is 0.942. The first-order valence-electron chi connectivity index (χ1n) is 6.12. The van der Waals surface area contributed by atoms with Gasteiger partial charge in [-0.15, -0.1) is 0 Å². The van der Waals surface area contributed by atoms with Gasteiger partial charge in [0.15, 0.2) is 0 Å². The predicted molar refractivity (Wildman–Crippen MR) is 77.0 cm³/mol. The average Bonchev–Trinajstić information content (AvgIpc) is 2.71. The summed E-state index contributed by atoms with van der Waals surface area (Å²) < 4.78 is 4.15. The van der Waals surface area contributed by atoms with Gasteiger partial charge in [-0.1, -0.05) is 12.8 Å². The summed E-state index contributed by atoms with van der Waals surface area (Å²) in [7, 11) is 0. The molecule has 1 fully saturated rings. The SMILES string of the molecule is CSC1CCCCC1Nc1snc(C)c1C(=O)O. The number of hydrogen-bond acceptors (Lipinski definition) is 5. The van der Waals surface area contributed by atoms with E-state index in [9.17, 15) is 9.90 Å². The second-order valence-electron chi connectivity index (χ2n) is 4.59. The van der Waals surface area contributed by atoms with Crippen LogP contribution in [0.3, 0.4) is 0 Å². The van der Waals surface area contributed by atoms with Gasteiger partial charge in [0.1, 0.15) is 10.6 Å². The van der Waals surface area contributed by atoms with Gasteiger partial charge in [-0.3, -0.25) is 0 Å². The first-order chi connectivity index (χ1) is 8.63. The van der Waals surface area contributed by atoms with Gasteiger partial charge < -0.3 is 10.4 Å². The molecule has 0 amide bonds. The van der Waals surface area contributed by atoms with Crippen LogP contribution in [-0.2, 0) is 0 Å². The molecule has 2 rings (SSSR count). The molecule has 1 aliphatic rings. The van der Waals surface area contributed by atoms with Gasteiger partial charge >= 0.3 is 5.97 Å². The molecule has 2 N–H and O–H groups in total. The van der Waals surface area contributed by atoms with Gasteiger partial charge in [-0.05, 0) is 37.6 Å². The number of anilines is 1. The fraction of sp³-hybridized carbons (Fsp3) is 0.667. The van der Waals surface area contributed by atoms with E-state index in [1.54, 1.807) is 6.92 Å². The van der Waals surface area contributed by atoms with Crippen molar-refractivity contribution in [3.8, 4) is 0 Å². The standard InChI is InChI=1S/C12H18N2O2S2/c1-7-10(12(15)16)11(18-14-7)13-8-5-3-4-6-9(8)17-2/h8-9,13H,3-6H2,1-2H3,(H,15,16). The number of carboxylic acids is 1. The molecule has 4 nitrogen and oxygen atoms in total. The van der Waals surface area contributed by atoms with Crippen LogP contribution < -0.4 is 5.32 Å².